The third kappa shape index (κ3) is 8.29. The number of unbranched alkanes of at least 4 members (excludes halogenated alkanes) is 10. The van der Waals surface area contributed by atoms with Crippen molar-refractivity contribution in [2.24, 2.45) is 0 Å². The number of hydrogen-bond donors (Lipinski definition) is 0. The fourth-order valence-corrected chi connectivity index (χ4v) is 4.29. The lowest BCUT2D eigenvalue weighted by Crippen LogP contribution is -2.01. The Morgan fingerprint density at radius 1 is 0.767 bits per heavy atom. The van der Waals surface area contributed by atoms with E-state index in [9.17, 15) is 8.78 Å². The van der Waals surface area contributed by atoms with Crippen LogP contribution < -0.4 is 4.74 Å². The van der Waals surface area contributed by atoms with E-state index in [0.29, 0.717) is 11.6 Å². The van der Waals surface area contributed by atoms with Gasteiger partial charge >= 0.3 is 0 Å². The number of rotatable bonds is 16. The molecular weight excluding hydrogens is 402 g/mol. The van der Waals surface area contributed by atoms with E-state index in [4.69, 9.17) is 4.74 Å². The summed E-state index contributed by atoms with van der Waals surface area (Å²) in [5.41, 5.74) is 0.158. The third-order valence-electron chi connectivity index (χ3n) is 5.24. The second-order valence-electron chi connectivity index (χ2n) is 7.87. The van der Waals surface area contributed by atoms with E-state index in [1.165, 1.54) is 68.8 Å². The Bertz CT molecular complexity index is 736. The molecule has 3 nitrogen and oxygen atoms in total. The first-order valence-electron chi connectivity index (χ1n) is 11.6. The summed E-state index contributed by atoms with van der Waals surface area (Å²) < 4.78 is 34.5. The first-order chi connectivity index (χ1) is 14.7. The van der Waals surface area contributed by atoms with E-state index >= 15 is 0 Å². The van der Waals surface area contributed by atoms with Crippen molar-refractivity contribution in [2.75, 3.05) is 6.61 Å². The van der Waals surface area contributed by atoms with E-state index in [2.05, 4.69) is 24.0 Å². The lowest BCUT2D eigenvalue weighted by atomic mass is 10.1. The molecule has 0 aliphatic carbocycles. The summed E-state index contributed by atoms with van der Waals surface area (Å²) >= 11 is 1.34. The van der Waals surface area contributed by atoms with Crippen LogP contribution in [0.5, 0.6) is 5.75 Å². The predicted molar refractivity (Wildman–Crippen MR) is 121 cm³/mol. The molecule has 0 N–H and O–H groups in total. The van der Waals surface area contributed by atoms with Gasteiger partial charge in [-0.3, -0.25) is 0 Å². The van der Waals surface area contributed by atoms with Crippen LogP contribution in [0.1, 0.15) is 95.9 Å². The molecule has 30 heavy (non-hydrogen) atoms. The van der Waals surface area contributed by atoms with Crippen LogP contribution in [-0.4, -0.2) is 16.8 Å². The predicted octanol–water partition coefficient (Wildman–Crippen LogP) is 8.13. The lowest BCUT2D eigenvalue weighted by molar-refractivity contribution is 0.285. The van der Waals surface area contributed by atoms with Gasteiger partial charge in [0.25, 0.3) is 0 Å². The smallest absolute Gasteiger partial charge is 0.201 e. The molecule has 1 heterocycles. The summed E-state index contributed by atoms with van der Waals surface area (Å²) in [4.78, 5) is 0. The molecule has 2 rings (SSSR count). The van der Waals surface area contributed by atoms with E-state index in [1.807, 2.05) is 0 Å². The largest absolute Gasteiger partial charge is 0.490 e. The molecule has 168 valence electrons. The van der Waals surface area contributed by atoms with Crippen molar-refractivity contribution in [2.45, 2.75) is 97.3 Å². The van der Waals surface area contributed by atoms with Crippen LogP contribution in [0.3, 0.4) is 0 Å². The molecule has 0 aliphatic heterocycles. The summed E-state index contributed by atoms with van der Waals surface area (Å²) in [6, 6.07) is 3.05. The minimum absolute atomic E-state index is 0.0263. The van der Waals surface area contributed by atoms with Crippen LogP contribution >= 0.6 is 11.3 Å². The topological polar surface area (TPSA) is 35.0 Å². The van der Waals surface area contributed by atoms with Crippen LogP contribution in [0.2, 0.25) is 0 Å². The van der Waals surface area contributed by atoms with E-state index in [0.717, 1.165) is 37.1 Å². The highest BCUT2D eigenvalue weighted by atomic mass is 32.1. The van der Waals surface area contributed by atoms with Gasteiger partial charge in [0.2, 0.25) is 5.82 Å². The zero-order chi connectivity index (χ0) is 21.6. The molecule has 1 aromatic carbocycles. The summed E-state index contributed by atoms with van der Waals surface area (Å²) in [5, 5.41) is 9.54. The maximum Gasteiger partial charge on any atom is 0.201 e. The van der Waals surface area contributed by atoms with Crippen LogP contribution in [0.15, 0.2) is 12.1 Å². The van der Waals surface area contributed by atoms with Gasteiger partial charge in [-0.25, -0.2) is 4.39 Å². The standard InChI is InChI=1S/C24H36F2N2OS/c1-3-5-7-9-11-13-15-21-27-28-24(30-21)19-16-17-20(23(26)22(19)25)29-18-14-12-10-8-6-4-2/h16-17H,3-15,18H2,1-2H3. The number of halogens is 2. The van der Waals surface area contributed by atoms with Gasteiger partial charge in [-0.05, 0) is 25.0 Å². The highest BCUT2D eigenvalue weighted by molar-refractivity contribution is 7.14. The zero-order valence-electron chi connectivity index (χ0n) is 18.5. The van der Waals surface area contributed by atoms with Gasteiger partial charge in [0.05, 0.1) is 12.2 Å². The molecule has 0 fully saturated rings. The van der Waals surface area contributed by atoms with Crippen LogP contribution in [0.4, 0.5) is 8.78 Å². The molecule has 0 atom stereocenters. The van der Waals surface area contributed by atoms with Gasteiger partial charge in [-0.2, -0.15) is 4.39 Å². The van der Waals surface area contributed by atoms with E-state index in [1.54, 1.807) is 6.07 Å². The molecule has 0 amide bonds. The SMILES string of the molecule is CCCCCCCCOc1ccc(-c2nnc(CCCCCCCC)s2)c(F)c1F. The maximum absolute atomic E-state index is 14.6. The Morgan fingerprint density at radius 3 is 2.10 bits per heavy atom. The fourth-order valence-electron chi connectivity index (χ4n) is 3.39. The van der Waals surface area contributed by atoms with Crippen LogP contribution in [0, 0.1) is 11.6 Å². The zero-order valence-corrected chi connectivity index (χ0v) is 19.3. The highest BCUT2D eigenvalue weighted by Gasteiger charge is 2.18. The number of ether oxygens (including phenoxy) is 1. The first-order valence-corrected chi connectivity index (χ1v) is 12.4. The van der Waals surface area contributed by atoms with Gasteiger partial charge in [-0.15, -0.1) is 10.2 Å². The Hall–Kier alpha value is -1.56. The third-order valence-corrected chi connectivity index (χ3v) is 6.26. The van der Waals surface area contributed by atoms with Crippen molar-refractivity contribution in [3.8, 4) is 16.3 Å². The number of aryl methyl sites for hydroxylation is 1. The van der Waals surface area contributed by atoms with Gasteiger partial charge < -0.3 is 4.74 Å². The number of nitrogens with zero attached hydrogens (tertiary/aromatic N) is 2. The lowest BCUT2D eigenvalue weighted by Gasteiger charge is -2.09. The molecule has 0 aliphatic rings. The van der Waals surface area contributed by atoms with Crippen molar-refractivity contribution >= 4 is 11.3 Å². The number of aromatic nitrogens is 2. The quantitative estimate of drug-likeness (QED) is 0.248. The second-order valence-corrected chi connectivity index (χ2v) is 8.94. The Balaban J connectivity index is 1.82. The summed E-state index contributed by atoms with van der Waals surface area (Å²) in [6.07, 6.45) is 14.8. The van der Waals surface area contributed by atoms with E-state index in [-0.39, 0.29) is 11.3 Å². The normalized spacial score (nSPS) is 11.2. The van der Waals surface area contributed by atoms with Gasteiger partial charge in [0.1, 0.15) is 5.01 Å². The first kappa shape index (κ1) is 24.7. The molecular formula is C24H36F2N2OS. The van der Waals surface area contributed by atoms with Crippen LogP contribution in [-0.2, 0) is 6.42 Å². The molecule has 0 unspecified atom stereocenters. The minimum atomic E-state index is -0.939. The van der Waals surface area contributed by atoms with E-state index < -0.39 is 11.6 Å². The summed E-state index contributed by atoms with van der Waals surface area (Å²) in [7, 11) is 0. The molecule has 0 saturated heterocycles. The minimum Gasteiger partial charge on any atom is -0.490 e. The van der Waals surface area contributed by atoms with Crippen molar-refractivity contribution in [3.05, 3.63) is 28.8 Å². The van der Waals surface area contributed by atoms with Crippen molar-refractivity contribution in [1.29, 1.82) is 0 Å². The highest BCUT2D eigenvalue weighted by Crippen LogP contribution is 2.32. The maximum atomic E-state index is 14.6. The molecule has 0 spiro atoms. The molecule has 2 aromatic rings. The summed E-state index contributed by atoms with van der Waals surface area (Å²) in [6.45, 7) is 4.80. The number of benzene rings is 1. The van der Waals surface area contributed by atoms with Crippen molar-refractivity contribution < 1.29 is 13.5 Å². The van der Waals surface area contributed by atoms with Gasteiger partial charge in [0.15, 0.2) is 16.6 Å². The monoisotopic (exact) mass is 438 g/mol. The van der Waals surface area contributed by atoms with Crippen molar-refractivity contribution in [1.82, 2.24) is 10.2 Å². The Kier molecular flexibility index (Phi) is 11.9. The summed E-state index contributed by atoms with van der Waals surface area (Å²) in [5.74, 6) is -1.87. The van der Waals surface area contributed by atoms with Crippen molar-refractivity contribution in [3.63, 3.8) is 0 Å². The molecule has 0 saturated carbocycles. The Morgan fingerprint density at radius 2 is 1.40 bits per heavy atom. The second kappa shape index (κ2) is 14.4. The molecule has 0 bridgehead atoms. The molecule has 0 radical (unpaired) electrons. The average Bonchev–Trinajstić information content (AvgIpc) is 3.21. The fraction of sp³-hybridized carbons (Fsp3) is 0.667. The Labute approximate surface area is 184 Å². The average molecular weight is 439 g/mol. The molecule has 6 heteroatoms. The number of hydrogen-bond acceptors (Lipinski definition) is 4. The van der Waals surface area contributed by atoms with Gasteiger partial charge in [0, 0.05) is 6.42 Å². The molecule has 1 aromatic heterocycles. The van der Waals surface area contributed by atoms with Crippen LogP contribution in [0.25, 0.3) is 10.6 Å². The van der Waals surface area contributed by atoms with Gasteiger partial charge in [-0.1, -0.05) is 89.4 Å².